The summed E-state index contributed by atoms with van der Waals surface area (Å²) in [5.74, 6) is -1.70. The highest BCUT2D eigenvalue weighted by Gasteiger charge is 2.14. The lowest BCUT2D eigenvalue weighted by Crippen LogP contribution is -2.10. The van der Waals surface area contributed by atoms with Gasteiger partial charge in [-0.25, -0.2) is 17.2 Å². The smallest absolute Gasteiger partial charge is 0.265 e. The second kappa shape index (κ2) is 9.36. The highest BCUT2D eigenvalue weighted by molar-refractivity contribution is 7.72. The summed E-state index contributed by atoms with van der Waals surface area (Å²) < 4.78 is 49.9. The van der Waals surface area contributed by atoms with E-state index in [9.17, 15) is 22.0 Å². The highest BCUT2D eigenvalue weighted by atomic mass is 35.5. The maximum atomic E-state index is 14.2. The average Bonchev–Trinajstić information content (AvgIpc) is 3.15. The SMILES string of the molecule is O=C(Nc1cc(Cl)cc(-c2ccc(F)cc2F)c1)c1cc2cc(CC[SH](=O)=O)ccc2s1. The van der Waals surface area contributed by atoms with Crippen molar-refractivity contribution in [2.24, 2.45) is 0 Å². The molecule has 4 rings (SSSR count). The summed E-state index contributed by atoms with van der Waals surface area (Å²) >= 11 is 7.46. The molecule has 164 valence electrons. The molecule has 1 N–H and O–H groups in total. The second-order valence-electron chi connectivity index (χ2n) is 7.10. The van der Waals surface area contributed by atoms with Gasteiger partial charge in [0.05, 0.1) is 10.6 Å². The molecule has 32 heavy (non-hydrogen) atoms. The molecular weight excluding hydrogens is 476 g/mol. The summed E-state index contributed by atoms with van der Waals surface area (Å²) in [7, 11) is -2.44. The van der Waals surface area contributed by atoms with E-state index in [1.54, 1.807) is 18.2 Å². The Bertz CT molecular complexity index is 1410. The molecule has 0 radical (unpaired) electrons. The zero-order chi connectivity index (χ0) is 22.8. The zero-order valence-electron chi connectivity index (χ0n) is 16.4. The Morgan fingerprint density at radius 1 is 1.00 bits per heavy atom. The molecule has 0 unspecified atom stereocenters. The van der Waals surface area contributed by atoms with Crippen molar-refractivity contribution in [1.29, 1.82) is 0 Å². The van der Waals surface area contributed by atoms with Crippen LogP contribution in [0.15, 0.2) is 60.7 Å². The van der Waals surface area contributed by atoms with Gasteiger partial charge < -0.3 is 5.32 Å². The molecule has 0 aliphatic carbocycles. The van der Waals surface area contributed by atoms with E-state index in [1.165, 1.54) is 23.5 Å². The van der Waals surface area contributed by atoms with Gasteiger partial charge in [0.1, 0.15) is 22.3 Å². The third-order valence-corrected chi connectivity index (χ3v) is 6.71. The van der Waals surface area contributed by atoms with Gasteiger partial charge in [0.2, 0.25) is 0 Å². The summed E-state index contributed by atoms with van der Waals surface area (Å²) in [6, 6.07) is 15.2. The Kier molecular flexibility index (Phi) is 6.55. The maximum Gasteiger partial charge on any atom is 0.265 e. The first-order valence-corrected chi connectivity index (χ1v) is 12.1. The first-order chi connectivity index (χ1) is 15.3. The summed E-state index contributed by atoms with van der Waals surface area (Å²) in [4.78, 5) is 13.3. The van der Waals surface area contributed by atoms with Gasteiger partial charge in [-0.2, -0.15) is 0 Å². The molecule has 3 aromatic carbocycles. The summed E-state index contributed by atoms with van der Waals surface area (Å²) in [6.07, 6.45) is 0.414. The number of carbonyl (C=O) groups excluding carboxylic acids is 1. The number of hydrogen-bond acceptors (Lipinski definition) is 4. The standard InChI is InChI=1S/C23H16ClF2NO3S2/c24-16-8-14(19-3-2-17(25)12-20(19)26)9-18(11-16)27-23(28)22-10-15-7-13(5-6-32(29)30)1-4-21(15)31-22/h1-4,7-12,32H,5-6H2,(H,27,28). The van der Waals surface area contributed by atoms with E-state index in [2.05, 4.69) is 5.32 Å². The lowest BCUT2D eigenvalue weighted by atomic mass is 10.0. The molecule has 0 aliphatic heterocycles. The van der Waals surface area contributed by atoms with Crippen LogP contribution in [0.4, 0.5) is 14.5 Å². The molecule has 0 saturated heterocycles. The Labute approximate surface area is 193 Å². The number of halogens is 3. The van der Waals surface area contributed by atoms with Crippen molar-refractivity contribution < 1.29 is 22.0 Å². The van der Waals surface area contributed by atoms with Crippen LogP contribution in [0.25, 0.3) is 21.2 Å². The van der Waals surface area contributed by atoms with Crippen LogP contribution in [0.3, 0.4) is 0 Å². The Morgan fingerprint density at radius 2 is 1.81 bits per heavy atom. The molecule has 0 fully saturated rings. The van der Waals surface area contributed by atoms with Gasteiger partial charge in [-0.3, -0.25) is 4.79 Å². The molecule has 0 spiro atoms. The van der Waals surface area contributed by atoms with E-state index in [0.717, 1.165) is 27.8 Å². The maximum absolute atomic E-state index is 14.2. The van der Waals surface area contributed by atoms with Crippen LogP contribution < -0.4 is 5.32 Å². The third-order valence-electron chi connectivity index (χ3n) is 4.79. The van der Waals surface area contributed by atoms with Crippen molar-refractivity contribution >= 4 is 55.3 Å². The number of fused-ring (bicyclic) bond motifs is 1. The molecular formula is C23H16ClF2NO3S2. The first kappa shape index (κ1) is 22.4. The van der Waals surface area contributed by atoms with E-state index >= 15 is 0 Å². The van der Waals surface area contributed by atoms with E-state index in [4.69, 9.17) is 11.6 Å². The Balaban J connectivity index is 1.58. The first-order valence-electron chi connectivity index (χ1n) is 9.50. The molecule has 4 aromatic rings. The van der Waals surface area contributed by atoms with Gasteiger partial charge in [-0.15, -0.1) is 11.3 Å². The highest BCUT2D eigenvalue weighted by Crippen LogP contribution is 2.31. The number of aryl methyl sites for hydroxylation is 1. The minimum atomic E-state index is -2.44. The summed E-state index contributed by atoms with van der Waals surface area (Å²) in [5, 5.41) is 3.90. The van der Waals surface area contributed by atoms with Gasteiger partial charge >= 0.3 is 0 Å². The van der Waals surface area contributed by atoms with Crippen molar-refractivity contribution in [2.75, 3.05) is 11.1 Å². The topological polar surface area (TPSA) is 63.2 Å². The monoisotopic (exact) mass is 491 g/mol. The number of benzene rings is 3. The largest absolute Gasteiger partial charge is 0.321 e. The van der Waals surface area contributed by atoms with Crippen LogP contribution in [-0.2, 0) is 17.1 Å². The van der Waals surface area contributed by atoms with Crippen LogP contribution in [0, 0.1) is 11.6 Å². The van der Waals surface area contributed by atoms with E-state index in [1.807, 2.05) is 18.2 Å². The molecule has 0 saturated carbocycles. The average molecular weight is 492 g/mol. The van der Waals surface area contributed by atoms with Gasteiger partial charge in [0.25, 0.3) is 5.91 Å². The van der Waals surface area contributed by atoms with Crippen LogP contribution in [-0.4, -0.2) is 20.1 Å². The van der Waals surface area contributed by atoms with Gasteiger partial charge in [-0.1, -0.05) is 23.7 Å². The fraction of sp³-hybridized carbons (Fsp3) is 0.0870. The number of hydrogen-bond donors (Lipinski definition) is 2. The van der Waals surface area contributed by atoms with Crippen LogP contribution in [0.1, 0.15) is 15.2 Å². The number of rotatable bonds is 6. The normalized spacial score (nSPS) is 11.2. The molecule has 1 aromatic heterocycles. The minimum absolute atomic E-state index is 0.0735. The van der Waals surface area contributed by atoms with Gasteiger partial charge in [0, 0.05) is 27.0 Å². The number of carbonyl (C=O) groups is 1. The molecule has 1 heterocycles. The van der Waals surface area contributed by atoms with E-state index in [-0.39, 0.29) is 17.2 Å². The number of thiol groups is 1. The Hall–Kier alpha value is -2.81. The minimum Gasteiger partial charge on any atom is -0.321 e. The van der Waals surface area contributed by atoms with Crippen LogP contribution in [0.5, 0.6) is 0 Å². The lowest BCUT2D eigenvalue weighted by Gasteiger charge is -2.09. The predicted octanol–water partition coefficient (Wildman–Crippen LogP) is 5.91. The van der Waals surface area contributed by atoms with Crippen LogP contribution >= 0.6 is 22.9 Å². The number of amides is 1. The van der Waals surface area contributed by atoms with Crippen molar-refractivity contribution in [2.45, 2.75) is 6.42 Å². The van der Waals surface area contributed by atoms with Crippen LogP contribution in [0.2, 0.25) is 5.02 Å². The van der Waals surface area contributed by atoms with Crippen molar-refractivity contribution in [1.82, 2.24) is 0 Å². The number of nitrogens with one attached hydrogen (secondary N) is 1. The molecule has 9 heteroatoms. The third kappa shape index (κ3) is 5.15. The van der Waals surface area contributed by atoms with E-state index < -0.39 is 22.3 Å². The summed E-state index contributed by atoms with van der Waals surface area (Å²) in [5.41, 5.74) is 1.82. The second-order valence-corrected chi connectivity index (χ2v) is 9.73. The fourth-order valence-corrected chi connectivity index (χ4v) is 4.93. The molecule has 0 aliphatic rings. The van der Waals surface area contributed by atoms with Gasteiger partial charge in [0.15, 0.2) is 0 Å². The van der Waals surface area contributed by atoms with Crippen molar-refractivity contribution in [3.63, 3.8) is 0 Å². The molecule has 0 bridgehead atoms. The lowest BCUT2D eigenvalue weighted by molar-refractivity contribution is 0.103. The molecule has 4 nitrogen and oxygen atoms in total. The number of thiophene rings is 1. The van der Waals surface area contributed by atoms with Crippen molar-refractivity contribution in [3.8, 4) is 11.1 Å². The predicted molar refractivity (Wildman–Crippen MR) is 125 cm³/mol. The molecule has 1 amide bonds. The zero-order valence-corrected chi connectivity index (χ0v) is 18.9. The quantitative estimate of drug-likeness (QED) is 0.330. The molecule has 0 atom stereocenters. The van der Waals surface area contributed by atoms with Gasteiger partial charge in [-0.05, 0) is 65.4 Å². The summed E-state index contributed by atoms with van der Waals surface area (Å²) in [6.45, 7) is 0. The fourth-order valence-electron chi connectivity index (χ4n) is 3.31. The van der Waals surface area contributed by atoms with Crippen molar-refractivity contribution in [3.05, 3.63) is 87.8 Å². The van der Waals surface area contributed by atoms with E-state index in [0.29, 0.717) is 27.6 Å². The number of anilines is 1. The Morgan fingerprint density at radius 3 is 2.56 bits per heavy atom.